The summed E-state index contributed by atoms with van der Waals surface area (Å²) in [7, 11) is 0. The van der Waals surface area contributed by atoms with E-state index in [0.29, 0.717) is 11.3 Å². The number of carbonyl (C=O) groups is 1. The lowest BCUT2D eigenvalue weighted by Gasteiger charge is -2.14. The molecule has 1 aliphatic heterocycles. The zero-order valence-electron chi connectivity index (χ0n) is 7.37. The van der Waals surface area contributed by atoms with Gasteiger partial charge in [-0.15, -0.1) is 0 Å². The average Bonchev–Trinajstić information content (AvgIpc) is 2.44. The van der Waals surface area contributed by atoms with Gasteiger partial charge in [0.15, 0.2) is 5.67 Å². The minimum Gasteiger partial charge on any atom is -0.489 e. The Morgan fingerprint density at radius 3 is 3.00 bits per heavy atom. The molecule has 1 aromatic carbocycles. The zero-order chi connectivity index (χ0) is 10.2. The van der Waals surface area contributed by atoms with Crippen molar-refractivity contribution in [3.63, 3.8) is 0 Å². The number of benzene rings is 1. The standard InChI is InChI=1S/C10H9FO3/c11-10(5-9(12)13)6-14-8-4-2-1-3-7(8)10/h1-4H,5-6H2,(H,12,13). The van der Waals surface area contributed by atoms with Crippen molar-refractivity contribution < 1.29 is 19.0 Å². The van der Waals surface area contributed by atoms with E-state index in [-0.39, 0.29) is 6.61 Å². The third kappa shape index (κ3) is 1.32. The van der Waals surface area contributed by atoms with Crippen LogP contribution in [0, 0.1) is 0 Å². The second kappa shape index (κ2) is 2.97. The van der Waals surface area contributed by atoms with Crippen LogP contribution in [0.4, 0.5) is 4.39 Å². The van der Waals surface area contributed by atoms with Crippen LogP contribution >= 0.6 is 0 Å². The van der Waals surface area contributed by atoms with Gasteiger partial charge in [-0.1, -0.05) is 18.2 Å². The highest BCUT2D eigenvalue weighted by Gasteiger charge is 2.42. The number of ether oxygens (including phenoxy) is 1. The van der Waals surface area contributed by atoms with Crippen LogP contribution in [0.25, 0.3) is 0 Å². The number of alkyl halides is 1. The summed E-state index contributed by atoms with van der Waals surface area (Å²) in [6.45, 7) is -0.210. The molecule has 74 valence electrons. The summed E-state index contributed by atoms with van der Waals surface area (Å²) in [5.74, 6) is -0.718. The van der Waals surface area contributed by atoms with E-state index in [9.17, 15) is 9.18 Å². The molecule has 0 spiro atoms. The first kappa shape index (κ1) is 8.99. The molecule has 0 aromatic heterocycles. The number of aliphatic carboxylic acids is 1. The quantitative estimate of drug-likeness (QED) is 0.783. The van der Waals surface area contributed by atoms with Gasteiger partial charge >= 0.3 is 5.97 Å². The Labute approximate surface area is 80.1 Å². The highest BCUT2D eigenvalue weighted by atomic mass is 19.1. The van der Waals surface area contributed by atoms with Crippen LogP contribution < -0.4 is 4.74 Å². The number of hydrogen-bond donors (Lipinski definition) is 1. The molecule has 1 aliphatic rings. The summed E-state index contributed by atoms with van der Waals surface area (Å²) in [6, 6.07) is 6.60. The van der Waals surface area contributed by atoms with Crippen molar-refractivity contribution in [3.8, 4) is 5.75 Å². The van der Waals surface area contributed by atoms with Gasteiger partial charge in [0, 0.05) is 5.56 Å². The third-order valence-corrected chi connectivity index (χ3v) is 2.26. The van der Waals surface area contributed by atoms with Crippen molar-refractivity contribution in [1.82, 2.24) is 0 Å². The van der Waals surface area contributed by atoms with E-state index in [2.05, 4.69) is 0 Å². The molecule has 0 amide bonds. The maximum atomic E-state index is 14.1. The Hall–Kier alpha value is -1.58. The Morgan fingerprint density at radius 1 is 1.57 bits per heavy atom. The van der Waals surface area contributed by atoms with E-state index in [1.807, 2.05) is 0 Å². The Balaban J connectivity index is 2.37. The molecule has 14 heavy (non-hydrogen) atoms. The van der Waals surface area contributed by atoms with Crippen molar-refractivity contribution in [2.24, 2.45) is 0 Å². The van der Waals surface area contributed by atoms with Gasteiger partial charge in [-0.05, 0) is 6.07 Å². The fourth-order valence-corrected chi connectivity index (χ4v) is 1.62. The molecule has 3 nitrogen and oxygen atoms in total. The molecule has 0 fully saturated rings. The molecule has 1 unspecified atom stereocenters. The molecular weight excluding hydrogens is 187 g/mol. The van der Waals surface area contributed by atoms with Crippen LogP contribution in [-0.4, -0.2) is 17.7 Å². The molecule has 1 atom stereocenters. The Bertz CT molecular complexity index is 377. The number of hydrogen-bond acceptors (Lipinski definition) is 2. The molecule has 1 aromatic rings. The average molecular weight is 196 g/mol. The van der Waals surface area contributed by atoms with Gasteiger partial charge in [0.25, 0.3) is 0 Å². The van der Waals surface area contributed by atoms with Gasteiger partial charge in [-0.2, -0.15) is 0 Å². The van der Waals surface area contributed by atoms with E-state index in [1.165, 1.54) is 0 Å². The molecule has 0 saturated heterocycles. The smallest absolute Gasteiger partial charge is 0.307 e. The zero-order valence-corrected chi connectivity index (χ0v) is 7.37. The molecule has 2 rings (SSSR count). The molecule has 1 heterocycles. The van der Waals surface area contributed by atoms with Crippen molar-refractivity contribution in [2.45, 2.75) is 12.1 Å². The first-order valence-corrected chi connectivity index (χ1v) is 4.25. The highest BCUT2D eigenvalue weighted by Crippen LogP contribution is 2.41. The van der Waals surface area contributed by atoms with Crippen LogP contribution in [0.5, 0.6) is 5.75 Å². The van der Waals surface area contributed by atoms with E-state index in [1.54, 1.807) is 24.3 Å². The van der Waals surface area contributed by atoms with Crippen LogP contribution in [0.3, 0.4) is 0 Å². The maximum absolute atomic E-state index is 14.1. The number of para-hydroxylation sites is 1. The predicted octanol–water partition coefficient (Wildman–Crippen LogP) is 1.72. The first-order valence-electron chi connectivity index (χ1n) is 4.25. The summed E-state index contributed by atoms with van der Waals surface area (Å²) in [5.41, 5.74) is -1.54. The molecular formula is C10H9FO3. The molecule has 1 N–H and O–H groups in total. The van der Waals surface area contributed by atoms with Gasteiger partial charge in [0.2, 0.25) is 0 Å². The Morgan fingerprint density at radius 2 is 2.29 bits per heavy atom. The number of carboxylic acids is 1. The van der Waals surface area contributed by atoms with E-state index >= 15 is 0 Å². The summed E-state index contributed by atoms with van der Waals surface area (Å²) in [6.07, 6.45) is -0.552. The molecule has 4 heteroatoms. The predicted molar refractivity (Wildman–Crippen MR) is 47.0 cm³/mol. The lowest BCUT2D eigenvalue weighted by Crippen LogP contribution is -2.25. The number of carboxylic acid groups (broad SMARTS) is 1. The number of rotatable bonds is 2. The second-order valence-electron chi connectivity index (χ2n) is 3.32. The fraction of sp³-hybridized carbons (Fsp3) is 0.300. The minimum atomic E-state index is -1.87. The second-order valence-corrected chi connectivity index (χ2v) is 3.32. The molecule has 0 saturated carbocycles. The maximum Gasteiger partial charge on any atom is 0.307 e. The van der Waals surface area contributed by atoms with Crippen molar-refractivity contribution >= 4 is 5.97 Å². The summed E-state index contributed by atoms with van der Waals surface area (Å²) < 4.78 is 19.1. The minimum absolute atomic E-state index is 0.210. The van der Waals surface area contributed by atoms with E-state index in [0.717, 1.165) is 0 Å². The van der Waals surface area contributed by atoms with Gasteiger partial charge in [-0.25, -0.2) is 4.39 Å². The SMILES string of the molecule is O=C(O)CC1(F)COc2ccccc21. The van der Waals surface area contributed by atoms with Crippen molar-refractivity contribution in [3.05, 3.63) is 29.8 Å². The monoisotopic (exact) mass is 196 g/mol. The van der Waals surface area contributed by atoms with E-state index < -0.39 is 18.1 Å². The largest absolute Gasteiger partial charge is 0.489 e. The third-order valence-electron chi connectivity index (χ3n) is 2.26. The summed E-state index contributed by atoms with van der Waals surface area (Å²) in [5, 5.41) is 8.57. The number of fused-ring (bicyclic) bond motifs is 1. The van der Waals surface area contributed by atoms with Crippen molar-refractivity contribution in [2.75, 3.05) is 6.61 Å². The number of halogens is 1. The topological polar surface area (TPSA) is 46.5 Å². The van der Waals surface area contributed by atoms with Gasteiger partial charge < -0.3 is 9.84 Å². The van der Waals surface area contributed by atoms with Gasteiger partial charge in [0.05, 0.1) is 6.42 Å². The van der Waals surface area contributed by atoms with E-state index in [4.69, 9.17) is 9.84 Å². The lowest BCUT2D eigenvalue weighted by atomic mass is 9.95. The highest BCUT2D eigenvalue weighted by molar-refractivity contribution is 5.69. The van der Waals surface area contributed by atoms with Gasteiger partial charge in [0.1, 0.15) is 12.4 Å². The normalized spacial score (nSPS) is 24.1. The Kier molecular flexibility index (Phi) is 1.91. The molecule has 0 aliphatic carbocycles. The van der Waals surface area contributed by atoms with Crippen LogP contribution in [0.2, 0.25) is 0 Å². The fourth-order valence-electron chi connectivity index (χ4n) is 1.62. The van der Waals surface area contributed by atoms with Crippen LogP contribution in [0.15, 0.2) is 24.3 Å². The van der Waals surface area contributed by atoms with Crippen LogP contribution in [-0.2, 0) is 10.5 Å². The van der Waals surface area contributed by atoms with Gasteiger partial charge in [-0.3, -0.25) is 4.79 Å². The van der Waals surface area contributed by atoms with Crippen molar-refractivity contribution in [1.29, 1.82) is 0 Å². The molecule has 0 radical (unpaired) electrons. The summed E-state index contributed by atoms with van der Waals surface area (Å²) in [4.78, 5) is 10.5. The lowest BCUT2D eigenvalue weighted by molar-refractivity contribution is -0.140. The summed E-state index contributed by atoms with van der Waals surface area (Å²) >= 11 is 0. The van der Waals surface area contributed by atoms with Crippen LogP contribution in [0.1, 0.15) is 12.0 Å². The molecule has 0 bridgehead atoms. The first-order chi connectivity index (χ1) is 6.62.